The van der Waals surface area contributed by atoms with Gasteiger partial charge in [-0.15, -0.1) is 6.58 Å². The minimum Gasteiger partial charge on any atom is -0.291 e. The Bertz CT molecular complexity index is 545. The zero-order chi connectivity index (χ0) is 14.4. The molecule has 0 aliphatic carbocycles. The lowest BCUT2D eigenvalue weighted by atomic mass is 10.1. The first kappa shape index (κ1) is 14.7. The summed E-state index contributed by atoms with van der Waals surface area (Å²) < 4.78 is 12.1. The summed E-state index contributed by atoms with van der Waals surface area (Å²) in [5, 5.41) is 0. The normalized spacial score (nSPS) is 20.6. The summed E-state index contributed by atoms with van der Waals surface area (Å²) in [5.41, 5.74) is 6.48. The second-order valence-electron chi connectivity index (χ2n) is 4.54. The van der Waals surface area contributed by atoms with E-state index in [2.05, 4.69) is 17.4 Å². The van der Waals surface area contributed by atoms with Crippen LogP contribution in [0.5, 0.6) is 0 Å². The molecule has 1 aromatic rings. The Morgan fingerprint density at radius 3 is 2.90 bits per heavy atom. The molecule has 5 heteroatoms. The molecule has 0 radical (unpaired) electrons. The first-order valence-corrected chi connectivity index (χ1v) is 7.83. The Labute approximate surface area is 121 Å². The number of nitrogens with one attached hydrogen (secondary N) is 2. The van der Waals surface area contributed by atoms with Gasteiger partial charge in [0.25, 0.3) is 0 Å². The molecule has 0 aromatic heterocycles. The predicted octanol–water partition coefficient (Wildman–Crippen LogP) is 1.78. The zero-order valence-corrected chi connectivity index (χ0v) is 12.0. The van der Waals surface area contributed by atoms with Crippen molar-refractivity contribution in [3.05, 3.63) is 48.6 Å². The van der Waals surface area contributed by atoms with E-state index < -0.39 is 10.8 Å². The molecule has 1 fully saturated rings. The van der Waals surface area contributed by atoms with Gasteiger partial charge in [-0.2, -0.15) is 0 Å². The molecule has 1 amide bonds. The van der Waals surface area contributed by atoms with Gasteiger partial charge in [-0.25, -0.2) is 5.43 Å². The summed E-state index contributed by atoms with van der Waals surface area (Å²) >= 11 is 0. The maximum absolute atomic E-state index is 12.1. The van der Waals surface area contributed by atoms with Crippen LogP contribution < -0.4 is 10.9 Å². The SMILES string of the molecule is C=CCS(=O)c1ccccc1/C=C/C1CCC(=O)NN1. The monoisotopic (exact) mass is 290 g/mol. The fraction of sp³-hybridized carbons (Fsp3) is 0.267. The van der Waals surface area contributed by atoms with Crippen LogP contribution in [-0.2, 0) is 15.6 Å². The second-order valence-corrected chi connectivity index (χ2v) is 6.00. The fourth-order valence-corrected chi connectivity index (χ4v) is 3.00. The molecule has 1 saturated heterocycles. The summed E-state index contributed by atoms with van der Waals surface area (Å²) in [6.45, 7) is 3.62. The van der Waals surface area contributed by atoms with Crippen molar-refractivity contribution in [2.45, 2.75) is 23.8 Å². The number of hydrazine groups is 1. The van der Waals surface area contributed by atoms with Crippen molar-refractivity contribution in [3.63, 3.8) is 0 Å². The first-order chi connectivity index (χ1) is 9.70. The van der Waals surface area contributed by atoms with E-state index in [-0.39, 0.29) is 11.9 Å². The van der Waals surface area contributed by atoms with E-state index in [9.17, 15) is 9.00 Å². The molecule has 106 valence electrons. The van der Waals surface area contributed by atoms with E-state index in [1.165, 1.54) is 0 Å². The van der Waals surface area contributed by atoms with Crippen molar-refractivity contribution < 1.29 is 9.00 Å². The Hall–Kier alpha value is -1.72. The van der Waals surface area contributed by atoms with Gasteiger partial charge in [0.1, 0.15) is 0 Å². The fourth-order valence-electron chi connectivity index (χ4n) is 1.98. The first-order valence-electron chi connectivity index (χ1n) is 6.51. The van der Waals surface area contributed by atoms with E-state index >= 15 is 0 Å². The molecular weight excluding hydrogens is 272 g/mol. The van der Waals surface area contributed by atoms with Gasteiger partial charge < -0.3 is 0 Å². The molecule has 0 spiro atoms. The highest BCUT2D eigenvalue weighted by molar-refractivity contribution is 7.85. The molecule has 20 heavy (non-hydrogen) atoms. The van der Waals surface area contributed by atoms with Crippen LogP contribution in [0, 0.1) is 0 Å². The van der Waals surface area contributed by atoms with Crippen molar-refractivity contribution in [1.82, 2.24) is 10.9 Å². The van der Waals surface area contributed by atoms with Crippen LogP contribution >= 0.6 is 0 Å². The summed E-state index contributed by atoms with van der Waals surface area (Å²) in [5.74, 6) is 0.463. The van der Waals surface area contributed by atoms with E-state index in [0.29, 0.717) is 12.2 Å². The zero-order valence-electron chi connectivity index (χ0n) is 11.2. The summed E-state index contributed by atoms with van der Waals surface area (Å²) in [6.07, 6.45) is 6.88. The number of hydrogen-bond acceptors (Lipinski definition) is 3. The van der Waals surface area contributed by atoms with Gasteiger partial charge >= 0.3 is 0 Å². The second kappa shape index (κ2) is 7.17. The lowest BCUT2D eigenvalue weighted by Gasteiger charge is -2.20. The lowest BCUT2D eigenvalue weighted by molar-refractivity contribution is -0.123. The molecule has 2 N–H and O–H groups in total. The third kappa shape index (κ3) is 3.88. The van der Waals surface area contributed by atoms with Crippen molar-refractivity contribution in [3.8, 4) is 0 Å². The Balaban J connectivity index is 2.10. The van der Waals surface area contributed by atoms with Crippen molar-refractivity contribution >= 4 is 22.8 Å². The topological polar surface area (TPSA) is 58.2 Å². The van der Waals surface area contributed by atoms with Gasteiger partial charge in [-0.05, 0) is 18.1 Å². The van der Waals surface area contributed by atoms with Crippen molar-refractivity contribution in [1.29, 1.82) is 0 Å². The maximum atomic E-state index is 12.1. The van der Waals surface area contributed by atoms with Crippen LogP contribution in [0.15, 0.2) is 47.9 Å². The van der Waals surface area contributed by atoms with Gasteiger partial charge in [-0.3, -0.25) is 14.4 Å². The molecule has 2 rings (SSSR count). The van der Waals surface area contributed by atoms with Crippen LogP contribution in [0.1, 0.15) is 18.4 Å². The average Bonchev–Trinajstić information content (AvgIpc) is 2.47. The molecule has 1 aliphatic heterocycles. The molecule has 0 saturated carbocycles. The lowest BCUT2D eigenvalue weighted by Crippen LogP contribution is -2.48. The maximum Gasteiger partial charge on any atom is 0.234 e. The summed E-state index contributed by atoms with van der Waals surface area (Å²) in [4.78, 5) is 11.9. The summed E-state index contributed by atoms with van der Waals surface area (Å²) in [6, 6.07) is 7.72. The largest absolute Gasteiger partial charge is 0.291 e. The van der Waals surface area contributed by atoms with Gasteiger partial charge in [0.15, 0.2) is 0 Å². The van der Waals surface area contributed by atoms with Crippen LogP contribution in [0.2, 0.25) is 0 Å². The molecule has 1 aliphatic rings. The standard InChI is InChI=1S/C15H18N2O2S/c1-2-11-20(19)14-6-4-3-5-12(14)7-8-13-9-10-15(18)17-16-13/h2-8,13,16H,1,9-11H2,(H,17,18)/b8-7+. The predicted molar refractivity (Wildman–Crippen MR) is 81.2 cm³/mol. The van der Waals surface area contributed by atoms with Crippen molar-refractivity contribution in [2.75, 3.05) is 5.75 Å². The van der Waals surface area contributed by atoms with Gasteiger partial charge in [-0.1, -0.05) is 36.4 Å². The van der Waals surface area contributed by atoms with Gasteiger partial charge in [0.2, 0.25) is 5.91 Å². The Kier molecular flexibility index (Phi) is 5.26. The molecule has 1 heterocycles. The van der Waals surface area contributed by atoms with Gasteiger partial charge in [0.05, 0.1) is 10.8 Å². The van der Waals surface area contributed by atoms with Crippen LogP contribution in [-0.4, -0.2) is 21.9 Å². The van der Waals surface area contributed by atoms with Crippen molar-refractivity contribution in [2.24, 2.45) is 0 Å². The van der Waals surface area contributed by atoms with E-state index in [0.717, 1.165) is 16.9 Å². The third-order valence-electron chi connectivity index (χ3n) is 3.02. The summed E-state index contributed by atoms with van der Waals surface area (Å²) in [7, 11) is -1.07. The molecular formula is C15H18N2O2S. The molecule has 2 unspecified atom stereocenters. The highest BCUT2D eigenvalue weighted by Gasteiger charge is 2.14. The minimum atomic E-state index is -1.07. The smallest absolute Gasteiger partial charge is 0.234 e. The highest BCUT2D eigenvalue weighted by atomic mass is 32.2. The Morgan fingerprint density at radius 2 is 2.20 bits per heavy atom. The van der Waals surface area contributed by atoms with Crippen LogP contribution in [0.4, 0.5) is 0 Å². The number of benzene rings is 1. The molecule has 0 bridgehead atoms. The number of carbonyl (C=O) groups is 1. The van der Waals surface area contributed by atoms with E-state index in [1.807, 2.05) is 36.4 Å². The highest BCUT2D eigenvalue weighted by Crippen LogP contribution is 2.16. The quantitative estimate of drug-likeness (QED) is 0.813. The molecule has 2 atom stereocenters. The van der Waals surface area contributed by atoms with Gasteiger partial charge in [0, 0.05) is 23.1 Å². The average molecular weight is 290 g/mol. The number of hydrogen-bond donors (Lipinski definition) is 2. The number of amides is 1. The third-order valence-corrected chi connectivity index (χ3v) is 4.42. The minimum absolute atomic E-state index is 0.0159. The molecule has 4 nitrogen and oxygen atoms in total. The Morgan fingerprint density at radius 1 is 1.40 bits per heavy atom. The van der Waals surface area contributed by atoms with E-state index in [4.69, 9.17) is 0 Å². The number of carbonyl (C=O) groups excluding carboxylic acids is 1. The molecule has 1 aromatic carbocycles. The van der Waals surface area contributed by atoms with Crippen LogP contribution in [0.3, 0.4) is 0 Å². The van der Waals surface area contributed by atoms with Crippen LogP contribution in [0.25, 0.3) is 6.08 Å². The number of rotatable bonds is 5. The van der Waals surface area contributed by atoms with E-state index in [1.54, 1.807) is 6.08 Å².